The number of hydrogen-bond acceptors (Lipinski definition) is 5. The summed E-state index contributed by atoms with van der Waals surface area (Å²) < 4.78 is 1.97. The average Bonchev–Trinajstić information content (AvgIpc) is 3.03. The maximum Gasteiger partial charge on any atom is 0.223 e. The Morgan fingerprint density at radius 1 is 1.12 bits per heavy atom. The van der Waals surface area contributed by atoms with E-state index in [0.29, 0.717) is 28.7 Å². The van der Waals surface area contributed by atoms with Gasteiger partial charge in [-0.2, -0.15) is 0 Å². The molecule has 0 aromatic carbocycles. The minimum atomic E-state index is 0.322. The summed E-state index contributed by atoms with van der Waals surface area (Å²) in [5, 5.41) is 3.92. The zero-order chi connectivity index (χ0) is 16.5. The molecule has 1 aliphatic carbocycles. The van der Waals surface area contributed by atoms with Crippen molar-refractivity contribution in [1.29, 1.82) is 0 Å². The molecule has 7 heteroatoms. The van der Waals surface area contributed by atoms with E-state index < -0.39 is 0 Å². The standard InChI is InChI=1S/C17H19ClN6/c18-13-9-21-17(22-12-6-4-11(19)5-7-12)23-16(13)14-10-20-15-3-1-2-8-24(14)15/h1-3,8-12H,4-7,19H2,(H,21,22,23)/t11-,12-. The molecule has 0 bridgehead atoms. The van der Waals surface area contributed by atoms with E-state index in [0.717, 1.165) is 37.0 Å². The van der Waals surface area contributed by atoms with Gasteiger partial charge in [-0.15, -0.1) is 0 Å². The molecule has 0 atom stereocenters. The van der Waals surface area contributed by atoms with Crippen LogP contribution in [0.1, 0.15) is 25.7 Å². The zero-order valence-corrected chi connectivity index (χ0v) is 13.9. The molecular weight excluding hydrogens is 324 g/mol. The molecule has 124 valence electrons. The maximum atomic E-state index is 6.34. The lowest BCUT2D eigenvalue weighted by atomic mass is 9.92. The molecule has 0 radical (unpaired) electrons. The SMILES string of the molecule is N[C@H]1CC[C@H](Nc2ncc(Cl)c(-c3cnc4ccccn34)n2)CC1. The Labute approximate surface area is 145 Å². The highest BCUT2D eigenvalue weighted by atomic mass is 35.5. The molecule has 0 unspecified atom stereocenters. The van der Waals surface area contributed by atoms with Crippen molar-refractivity contribution in [2.75, 3.05) is 5.32 Å². The number of rotatable bonds is 3. The third kappa shape index (κ3) is 2.95. The van der Waals surface area contributed by atoms with E-state index in [1.54, 1.807) is 12.4 Å². The van der Waals surface area contributed by atoms with Crippen LogP contribution in [0.4, 0.5) is 5.95 Å². The molecule has 0 saturated heterocycles. The molecule has 0 spiro atoms. The first-order chi connectivity index (χ1) is 11.7. The number of fused-ring (bicyclic) bond motifs is 1. The van der Waals surface area contributed by atoms with E-state index in [4.69, 9.17) is 17.3 Å². The van der Waals surface area contributed by atoms with Gasteiger partial charge >= 0.3 is 0 Å². The van der Waals surface area contributed by atoms with Gasteiger partial charge in [-0.25, -0.2) is 15.0 Å². The Kier molecular flexibility index (Phi) is 4.08. The predicted molar refractivity (Wildman–Crippen MR) is 95.1 cm³/mol. The molecule has 0 amide bonds. The average molecular weight is 343 g/mol. The molecule has 3 aromatic heterocycles. The molecule has 0 aliphatic heterocycles. The number of anilines is 1. The molecule has 1 aliphatic rings. The molecular formula is C17H19ClN6. The summed E-state index contributed by atoms with van der Waals surface area (Å²) in [6.07, 6.45) is 9.52. The predicted octanol–water partition coefficient (Wildman–Crippen LogP) is 3.13. The van der Waals surface area contributed by atoms with Crippen molar-refractivity contribution in [1.82, 2.24) is 19.4 Å². The number of nitrogens with zero attached hydrogens (tertiary/aromatic N) is 4. The third-order valence-electron chi connectivity index (χ3n) is 4.51. The minimum absolute atomic E-state index is 0.322. The van der Waals surface area contributed by atoms with Gasteiger partial charge in [0.15, 0.2) is 0 Å². The number of halogens is 1. The van der Waals surface area contributed by atoms with Crippen LogP contribution >= 0.6 is 11.6 Å². The quantitative estimate of drug-likeness (QED) is 0.764. The Balaban J connectivity index is 1.64. The normalized spacial score (nSPS) is 21.1. The van der Waals surface area contributed by atoms with Gasteiger partial charge in [-0.05, 0) is 37.8 Å². The van der Waals surface area contributed by atoms with Gasteiger partial charge in [-0.3, -0.25) is 4.40 Å². The Bertz CT molecular complexity index is 853. The second kappa shape index (κ2) is 6.37. The summed E-state index contributed by atoms with van der Waals surface area (Å²) in [5.74, 6) is 0.598. The van der Waals surface area contributed by atoms with Crippen LogP contribution < -0.4 is 11.1 Å². The van der Waals surface area contributed by atoms with Crippen LogP contribution in [0.3, 0.4) is 0 Å². The molecule has 1 fully saturated rings. The summed E-state index contributed by atoms with van der Waals surface area (Å²) in [6.45, 7) is 0. The summed E-state index contributed by atoms with van der Waals surface area (Å²) >= 11 is 6.34. The largest absolute Gasteiger partial charge is 0.351 e. The molecule has 1 saturated carbocycles. The highest BCUT2D eigenvalue weighted by Gasteiger charge is 2.20. The first-order valence-electron chi connectivity index (χ1n) is 8.18. The number of hydrogen-bond donors (Lipinski definition) is 2. The lowest BCUT2D eigenvalue weighted by molar-refractivity contribution is 0.410. The summed E-state index contributed by atoms with van der Waals surface area (Å²) in [4.78, 5) is 13.4. The van der Waals surface area contributed by atoms with E-state index in [1.807, 2.05) is 28.8 Å². The number of nitrogens with two attached hydrogens (primary N) is 1. The van der Waals surface area contributed by atoms with Crippen molar-refractivity contribution in [3.63, 3.8) is 0 Å². The van der Waals surface area contributed by atoms with E-state index in [1.165, 1.54) is 0 Å². The summed E-state index contributed by atoms with van der Waals surface area (Å²) in [7, 11) is 0. The van der Waals surface area contributed by atoms with Crippen LogP contribution in [0.5, 0.6) is 0 Å². The third-order valence-corrected chi connectivity index (χ3v) is 4.79. The number of aromatic nitrogens is 4. The summed E-state index contributed by atoms with van der Waals surface area (Å²) in [6, 6.07) is 6.54. The van der Waals surface area contributed by atoms with Gasteiger partial charge in [-0.1, -0.05) is 17.7 Å². The molecule has 3 heterocycles. The van der Waals surface area contributed by atoms with Crippen molar-refractivity contribution in [3.05, 3.63) is 41.8 Å². The van der Waals surface area contributed by atoms with E-state index in [-0.39, 0.29) is 0 Å². The fraction of sp³-hybridized carbons (Fsp3) is 0.353. The fourth-order valence-electron chi connectivity index (χ4n) is 3.17. The van der Waals surface area contributed by atoms with Crippen LogP contribution in [-0.2, 0) is 0 Å². The van der Waals surface area contributed by atoms with Crippen LogP contribution in [-0.4, -0.2) is 31.4 Å². The van der Waals surface area contributed by atoms with Crippen molar-refractivity contribution in [3.8, 4) is 11.4 Å². The molecule has 24 heavy (non-hydrogen) atoms. The van der Waals surface area contributed by atoms with Crippen LogP contribution in [0, 0.1) is 0 Å². The van der Waals surface area contributed by atoms with Gasteiger partial charge < -0.3 is 11.1 Å². The van der Waals surface area contributed by atoms with Gasteiger partial charge in [0.1, 0.15) is 11.3 Å². The first kappa shape index (κ1) is 15.4. The number of nitrogens with one attached hydrogen (secondary N) is 1. The van der Waals surface area contributed by atoms with E-state index >= 15 is 0 Å². The molecule has 6 nitrogen and oxygen atoms in total. The van der Waals surface area contributed by atoms with Crippen molar-refractivity contribution >= 4 is 23.2 Å². The smallest absolute Gasteiger partial charge is 0.223 e. The van der Waals surface area contributed by atoms with Crippen molar-refractivity contribution < 1.29 is 0 Å². The first-order valence-corrected chi connectivity index (χ1v) is 8.55. The Morgan fingerprint density at radius 3 is 2.79 bits per heavy atom. The lowest BCUT2D eigenvalue weighted by Crippen LogP contribution is -2.33. The highest BCUT2D eigenvalue weighted by molar-refractivity contribution is 6.32. The van der Waals surface area contributed by atoms with Gasteiger partial charge in [0.05, 0.1) is 23.1 Å². The van der Waals surface area contributed by atoms with E-state index in [9.17, 15) is 0 Å². The number of pyridine rings is 1. The van der Waals surface area contributed by atoms with Crippen molar-refractivity contribution in [2.24, 2.45) is 5.73 Å². The van der Waals surface area contributed by atoms with Crippen LogP contribution in [0.15, 0.2) is 36.8 Å². The topological polar surface area (TPSA) is 81.1 Å². The van der Waals surface area contributed by atoms with Crippen molar-refractivity contribution in [2.45, 2.75) is 37.8 Å². The molecule has 3 aromatic rings. The second-order valence-electron chi connectivity index (χ2n) is 6.22. The zero-order valence-electron chi connectivity index (χ0n) is 13.2. The minimum Gasteiger partial charge on any atom is -0.351 e. The Hall–Kier alpha value is -2.18. The fourth-order valence-corrected chi connectivity index (χ4v) is 3.36. The Morgan fingerprint density at radius 2 is 1.96 bits per heavy atom. The van der Waals surface area contributed by atoms with Gasteiger partial charge in [0.2, 0.25) is 5.95 Å². The second-order valence-corrected chi connectivity index (χ2v) is 6.63. The van der Waals surface area contributed by atoms with Crippen LogP contribution in [0.25, 0.3) is 17.0 Å². The molecule has 4 rings (SSSR count). The van der Waals surface area contributed by atoms with E-state index in [2.05, 4.69) is 20.3 Å². The van der Waals surface area contributed by atoms with Gasteiger partial charge in [0.25, 0.3) is 0 Å². The highest BCUT2D eigenvalue weighted by Crippen LogP contribution is 2.28. The lowest BCUT2D eigenvalue weighted by Gasteiger charge is -2.26. The van der Waals surface area contributed by atoms with Gasteiger partial charge in [0, 0.05) is 18.3 Å². The number of imidazole rings is 1. The molecule has 3 N–H and O–H groups in total. The maximum absolute atomic E-state index is 6.34. The summed E-state index contributed by atoms with van der Waals surface area (Å²) in [5.41, 5.74) is 8.36. The monoisotopic (exact) mass is 342 g/mol. The van der Waals surface area contributed by atoms with Crippen LogP contribution in [0.2, 0.25) is 5.02 Å².